The smallest absolute Gasteiger partial charge is 0.159 e. The van der Waals surface area contributed by atoms with Crippen molar-refractivity contribution in [1.82, 2.24) is 9.97 Å². The summed E-state index contributed by atoms with van der Waals surface area (Å²) >= 11 is 0. The molecule has 0 aliphatic rings. The molecule has 3 aromatic rings. The first-order valence-electron chi connectivity index (χ1n) is 8.68. The number of aromatic nitrogens is 2. The molecule has 2 aromatic carbocycles. The minimum absolute atomic E-state index is 0.322. The van der Waals surface area contributed by atoms with Crippen molar-refractivity contribution in [2.45, 2.75) is 0 Å². The van der Waals surface area contributed by atoms with E-state index in [0.29, 0.717) is 51.7 Å². The van der Waals surface area contributed by atoms with E-state index in [0.717, 1.165) is 0 Å². The molecule has 152 valence electrons. The topological polar surface area (TPSA) is 113 Å². The maximum Gasteiger partial charge on any atom is 0.159 e. The Bertz CT molecular complexity index is 921. The summed E-state index contributed by atoms with van der Waals surface area (Å²) in [4.78, 5) is 8.49. The number of hydrogen-bond donors (Lipinski definition) is 3. The van der Waals surface area contributed by atoms with E-state index >= 15 is 0 Å². The first-order chi connectivity index (χ1) is 14.1. The molecule has 0 aliphatic heterocycles. The molecule has 9 nitrogen and oxygen atoms in total. The minimum Gasteiger partial charge on any atom is -0.497 e. The molecular weight excluding hydrogens is 374 g/mol. The number of nitrogens with one attached hydrogen (secondary N) is 2. The first-order valence-corrected chi connectivity index (χ1v) is 8.68. The van der Waals surface area contributed by atoms with Gasteiger partial charge in [0, 0.05) is 12.1 Å². The zero-order chi connectivity index (χ0) is 20.8. The molecular formula is C20H23N5O4. The van der Waals surface area contributed by atoms with Crippen molar-refractivity contribution in [3.8, 4) is 23.0 Å². The van der Waals surface area contributed by atoms with Crippen LogP contribution < -0.4 is 35.3 Å². The van der Waals surface area contributed by atoms with Crippen LogP contribution in [0.5, 0.6) is 23.0 Å². The summed E-state index contributed by atoms with van der Waals surface area (Å²) in [7, 11) is 6.35. The van der Waals surface area contributed by atoms with Gasteiger partial charge in [-0.1, -0.05) is 0 Å². The number of nitrogens with two attached hydrogens (primary N) is 1. The van der Waals surface area contributed by atoms with Gasteiger partial charge in [0.2, 0.25) is 0 Å². The van der Waals surface area contributed by atoms with Crippen molar-refractivity contribution in [2.75, 3.05) is 44.8 Å². The van der Waals surface area contributed by atoms with Gasteiger partial charge in [-0.05, 0) is 24.3 Å². The van der Waals surface area contributed by atoms with E-state index in [1.807, 2.05) is 0 Å². The molecule has 4 N–H and O–H groups in total. The number of nitrogens with zero attached hydrogens (tertiary/aromatic N) is 2. The molecule has 1 heterocycles. The van der Waals surface area contributed by atoms with Crippen molar-refractivity contribution < 1.29 is 18.9 Å². The SMILES string of the molecule is COc1ccc(OC)c(Nc2ncnc(Nc3cc(OC)ccc3OC)c2N)c1. The van der Waals surface area contributed by atoms with E-state index in [1.165, 1.54) is 6.33 Å². The van der Waals surface area contributed by atoms with Crippen LogP contribution in [0.4, 0.5) is 28.7 Å². The van der Waals surface area contributed by atoms with Crippen molar-refractivity contribution in [3.05, 3.63) is 42.7 Å². The number of anilines is 5. The van der Waals surface area contributed by atoms with Gasteiger partial charge in [0.25, 0.3) is 0 Å². The lowest BCUT2D eigenvalue weighted by molar-refractivity contribution is 0.405. The number of methoxy groups -OCH3 is 4. The fourth-order valence-corrected chi connectivity index (χ4v) is 2.67. The van der Waals surface area contributed by atoms with E-state index in [-0.39, 0.29) is 0 Å². The highest BCUT2D eigenvalue weighted by Gasteiger charge is 2.14. The molecule has 0 bridgehead atoms. The molecule has 0 amide bonds. The van der Waals surface area contributed by atoms with Crippen LogP contribution in [0.15, 0.2) is 42.7 Å². The Morgan fingerprint density at radius 3 is 1.52 bits per heavy atom. The molecule has 0 unspecified atom stereocenters. The molecule has 0 radical (unpaired) electrons. The van der Waals surface area contributed by atoms with Crippen LogP contribution in [0.25, 0.3) is 0 Å². The number of rotatable bonds is 8. The van der Waals surface area contributed by atoms with Crippen molar-refractivity contribution in [3.63, 3.8) is 0 Å². The monoisotopic (exact) mass is 397 g/mol. The van der Waals surface area contributed by atoms with Crippen LogP contribution in [-0.4, -0.2) is 38.4 Å². The van der Waals surface area contributed by atoms with Crippen molar-refractivity contribution >= 4 is 28.7 Å². The molecule has 29 heavy (non-hydrogen) atoms. The standard InChI is InChI=1S/C20H23N5O4/c1-26-12-5-7-16(28-3)14(9-12)24-19-18(21)20(23-11-22-19)25-15-10-13(27-2)6-8-17(15)29-4/h5-11H,21H2,1-4H3,(H2,22,23,24,25). The zero-order valence-corrected chi connectivity index (χ0v) is 16.6. The van der Waals surface area contributed by atoms with E-state index in [4.69, 9.17) is 24.7 Å². The van der Waals surface area contributed by atoms with Crippen LogP contribution in [-0.2, 0) is 0 Å². The average Bonchev–Trinajstić information content (AvgIpc) is 2.76. The number of nitrogen functional groups attached to an aromatic ring is 1. The second-order valence-electron chi connectivity index (χ2n) is 5.87. The van der Waals surface area contributed by atoms with Crippen LogP contribution in [0, 0.1) is 0 Å². The summed E-state index contributed by atoms with van der Waals surface area (Å²) in [6, 6.07) is 10.8. The Labute approximate surface area is 168 Å². The lowest BCUT2D eigenvalue weighted by Crippen LogP contribution is -2.06. The maximum atomic E-state index is 6.31. The second-order valence-corrected chi connectivity index (χ2v) is 5.87. The summed E-state index contributed by atoms with van der Waals surface area (Å²) in [5.74, 6) is 3.40. The first kappa shape index (κ1) is 19.9. The fourth-order valence-electron chi connectivity index (χ4n) is 2.67. The Balaban J connectivity index is 1.93. The van der Waals surface area contributed by atoms with E-state index in [2.05, 4.69) is 20.6 Å². The highest BCUT2D eigenvalue weighted by atomic mass is 16.5. The Morgan fingerprint density at radius 2 is 1.14 bits per heavy atom. The van der Waals surface area contributed by atoms with E-state index in [1.54, 1.807) is 64.8 Å². The zero-order valence-electron chi connectivity index (χ0n) is 16.6. The van der Waals surface area contributed by atoms with Gasteiger partial charge in [-0.3, -0.25) is 0 Å². The molecule has 0 aliphatic carbocycles. The lowest BCUT2D eigenvalue weighted by atomic mass is 10.2. The van der Waals surface area contributed by atoms with Gasteiger partial charge in [-0.25, -0.2) is 9.97 Å². The Morgan fingerprint density at radius 1 is 0.690 bits per heavy atom. The van der Waals surface area contributed by atoms with Gasteiger partial charge in [-0.2, -0.15) is 0 Å². The summed E-state index contributed by atoms with van der Waals surface area (Å²) in [5, 5.41) is 6.33. The molecule has 0 atom stereocenters. The van der Waals surface area contributed by atoms with Gasteiger partial charge in [-0.15, -0.1) is 0 Å². The summed E-state index contributed by atoms with van der Waals surface area (Å²) in [6.45, 7) is 0. The molecule has 1 aromatic heterocycles. The summed E-state index contributed by atoms with van der Waals surface area (Å²) in [6.07, 6.45) is 1.40. The molecule has 0 spiro atoms. The van der Waals surface area contributed by atoms with Gasteiger partial charge < -0.3 is 35.3 Å². The molecule has 9 heteroatoms. The quantitative estimate of drug-likeness (QED) is 0.525. The number of hydrogen-bond acceptors (Lipinski definition) is 9. The highest BCUT2D eigenvalue weighted by Crippen LogP contribution is 2.36. The van der Waals surface area contributed by atoms with Crippen LogP contribution >= 0.6 is 0 Å². The third kappa shape index (κ3) is 4.34. The molecule has 0 fully saturated rings. The number of benzene rings is 2. The number of ether oxygens (including phenoxy) is 4. The molecule has 3 rings (SSSR count). The molecule has 0 saturated heterocycles. The minimum atomic E-state index is 0.322. The van der Waals surface area contributed by atoms with E-state index in [9.17, 15) is 0 Å². The lowest BCUT2D eigenvalue weighted by Gasteiger charge is -2.16. The maximum absolute atomic E-state index is 6.31. The van der Waals surface area contributed by atoms with Gasteiger partial charge in [0.05, 0.1) is 39.8 Å². The summed E-state index contributed by atoms with van der Waals surface area (Å²) in [5.41, 5.74) is 7.94. The predicted octanol–water partition coefficient (Wildman–Crippen LogP) is 3.58. The fraction of sp³-hybridized carbons (Fsp3) is 0.200. The largest absolute Gasteiger partial charge is 0.497 e. The molecule has 0 saturated carbocycles. The van der Waals surface area contributed by atoms with Crippen molar-refractivity contribution in [2.24, 2.45) is 0 Å². The average molecular weight is 397 g/mol. The highest BCUT2D eigenvalue weighted by molar-refractivity contribution is 5.82. The predicted molar refractivity (Wildman–Crippen MR) is 112 cm³/mol. The second kappa shape index (κ2) is 8.87. The van der Waals surface area contributed by atoms with Gasteiger partial charge in [0.1, 0.15) is 35.0 Å². The Kier molecular flexibility index (Phi) is 6.08. The third-order valence-electron chi connectivity index (χ3n) is 4.20. The van der Waals surface area contributed by atoms with Gasteiger partial charge in [0.15, 0.2) is 11.6 Å². The summed E-state index contributed by atoms with van der Waals surface area (Å²) < 4.78 is 21.3. The van der Waals surface area contributed by atoms with Gasteiger partial charge >= 0.3 is 0 Å². The van der Waals surface area contributed by atoms with Crippen molar-refractivity contribution in [1.29, 1.82) is 0 Å². The van der Waals surface area contributed by atoms with Crippen LogP contribution in [0.3, 0.4) is 0 Å². The van der Waals surface area contributed by atoms with E-state index < -0.39 is 0 Å². The third-order valence-corrected chi connectivity index (χ3v) is 4.20. The van der Waals surface area contributed by atoms with Crippen LogP contribution in [0.1, 0.15) is 0 Å². The van der Waals surface area contributed by atoms with Crippen LogP contribution in [0.2, 0.25) is 0 Å². The normalized spacial score (nSPS) is 10.2. The Hall–Kier alpha value is -3.88.